The third-order valence-electron chi connectivity index (χ3n) is 7.46. The van der Waals surface area contributed by atoms with Crippen molar-refractivity contribution in [3.05, 3.63) is 69.5 Å². The maximum absolute atomic E-state index is 13.8. The topological polar surface area (TPSA) is 125 Å². The van der Waals surface area contributed by atoms with Gasteiger partial charge in [-0.05, 0) is 64.9 Å². The number of thiazole rings is 1. The Morgan fingerprint density at radius 3 is 2.43 bits per heavy atom. The zero-order chi connectivity index (χ0) is 30.6. The first kappa shape index (κ1) is 31.8. The van der Waals surface area contributed by atoms with Gasteiger partial charge in [-0.25, -0.2) is 4.98 Å². The molecule has 42 heavy (non-hydrogen) atoms. The predicted octanol–water partition coefficient (Wildman–Crippen LogP) is 4.58. The highest BCUT2D eigenvalue weighted by molar-refractivity contribution is 9.10. The Kier molecular flexibility index (Phi) is 10.2. The van der Waals surface area contributed by atoms with Crippen LogP contribution in [0.4, 0.5) is 0 Å². The number of hydrogen-bond donors (Lipinski definition) is 3. The van der Waals surface area contributed by atoms with Crippen LogP contribution in [0.15, 0.2) is 52.6 Å². The molecule has 3 amide bonds. The summed E-state index contributed by atoms with van der Waals surface area (Å²) in [5, 5.41) is 16.4. The van der Waals surface area contributed by atoms with Gasteiger partial charge in [0.05, 0.1) is 28.2 Å². The minimum absolute atomic E-state index is 0.0272. The summed E-state index contributed by atoms with van der Waals surface area (Å²) >= 11 is 4.94. The van der Waals surface area contributed by atoms with E-state index >= 15 is 0 Å². The number of pyridine rings is 1. The summed E-state index contributed by atoms with van der Waals surface area (Å²) in [5.74, 6) is -0.999. The molecular weight excluding hydrogens is 618 g/mol. The van der Waals surface area contributed by atoms with Gasteiger partial charge < -0.3 is 20.6 Å². The number of rotatable bonds is 9. The zero-order valence-electron chi connectivity index (χ0n) is 24.6. The van der Waals surface area contributed by atoms with E-state index in [-0.39, 0.29) is 43.1 Å². The quantitative estimate of drug-likeness (QED) is 0.310. The number of aromatic nitrogens is 2. The number of nitrogens with zero attached hydrogens (tertiary/aromatic N) is 3. The van der Waals surface area contributed by atoms with Crippen molar-refractivity contribution >= 4 is 45.0 Å². The fourth-order valence-corrected chi connectivity index (χ4v) is 6.09. The Hall–Kier alpha value is -3.15. The number of carbonyl (C=O) groups excluding carboxylic acids is 3. The van der Waals surface area contributed by atoms with Crippen LogP contribution in [0.1, 0.15) is 63.5 Å². The SMILES string of the molecule is Cc1ncsc1-c1ccc([C@H](C)NC(=O)[C@@H]2C[C@@H](O)CN2C(=O)[C@@H](NC(=O)CCc2ccc(Br)cn2)C(C)(C)C)cc1. The summed E-state index contributed by atoms with van der Waals surface area (Å²) in [7, 11) is 0. The summed E-state index contributed by atoms with van der Waals surface area (Å²) in [4.78, 5) is 51.3. The maximum Gasteiger partial charge on any atom is 0.246 e. The maximum atomic E-state index is 13.8. The molecule has 1 fully saturated rings. The van der Waals surface area contributed by atoms with Gasteiger partial charge >= 0.3 is 0 Å². The van der Waals surface area contributed by atoms with Crippen molar-refractivity contribution in [3.63, 3.8) is 0 Å². The van der Waals surface area contributed by atoms with Gasteiger partial charge in [0.25, 0.3) is 0 Å². The lowest BCUT2D eigenvalue weighted by molar-refractivity contribution is -0.144. The van der Waals surface area contributed by atoms with Gasteiger partial charge in [-0.3, -0.25) is 19.4 Å². The van der Waals surface area contributed by atoms with Gasteiger partial charge in [-0.15, -0.1) is 11.3 Å². The zero-order valence-corrected chi connectivity index (χ0v) is 27.0. The first-order valence-corrected chi connectivity index (χ1v) is 15.7. The lowest BCUT2D eigenvalue weighted by Gasteiger charge is -2.35. The molecule has 0 unspecified atom stereocenters. The third-order valence-corrected chi connectivity index (χ3v) is 8.90. The lowest BCUT2D eigenvalue weighted by atomic mass is 9.85. The van der Waals surface area contributed by atoms with Crippen molar-refractivity contribution in [2.75, 3.05) is 6.54 Å². The third kappa shape index (κ3) is 7.81. The number of benzene rings is 1. The van der Waals surface area contributed by atoms with Crippen molar-refractivity contribution in [1.29, 1.82) is 0 Å². The standard InChI is InChI=1S/C31H38BrN5O4S/c1-18(20-6-8-21(9-7-20)27-19(2)34-17-42-27)35-29(40)25-14-24(38)16-37(25)30(41)28(31(3,4)5)36-26(39)13-12-23-11-10-22(32)15-33-23/h6-11,15,17-18,24-25,28,38H,12-14,16H2,1-5H3,(H,35,40)(H,36,39)/t18-,24+,25-,28+/m0/s1. The molecule has 3 aromatic rings. The average Bonchev–Trinajstić information content (AvgIpc) is 3.55. The van der Waals surface area contributed by atoms with Crippen molar-refractivity contribution in [2.45, 2.75) is 78.1 Å². The average molecular weight is 657 g/mol. The Morgan fingerprint density at radius 2 is 1.83 bits per heavy atom. The van der Waals surface area contributed by atoms with Gasteiger partial charge in [-0.2, -0.15) is 0 Å². The number of nitrogens with one attached hydrogen (secondary N) is 2. The second-order valence-corrected chi connectivity index (χ2v) is 13.6. The number of aryl methyl sites for hydroxylation is 2. The van der Waals surface area contributed by atoms with E-state index < -0.39 is 23.6 Å². The molecule has 2 aromatic heterocycles. The molecule has 0 spiro atoms. The van der Waals surface area contributed by atoms with E-state index in [0.717, 1.165) is 31.9 Å². The molecule has 0 saturated carbocycles. The summed E-state index contributed by atoms with van der Waals surface area (Å²) < 4.78 is 0.856. The molecule has 1 aliphatic heterocycles. The summed E-state index contributed by atoms with van der Waals surface area (Å²) in [6.45, 7) is 9.50. The van der Waals surface area contributed by atoms with E-state index in [2.05, 4.69) is 36.5 Å². The van der Waals surface area contributed by atoms with Crippen LogP contribution >= 0.6 is 27.3 Å². The molecule has 0 radical (unpaired) electrons. The number of likely N-dealkylation sites (tertiary alicyclic amines) is 1. The second kappa shape index (κ2) is 13.4. The minimum Gasteiger partial charge on any atom is -0.391 e. The van der Waals surface area contributed by atoms with Gasteiger partial charge in [0.2, 0.25) is 17.7 Å². The molecule has 4 atom stereocenters. The summed E-state index contributed by atoms with van der Waals surface area (Å²) in [5.41, 5.74) is 4.94. The highest BCUT2D eigenvalue weighted by Gasteiger charge is 2.44. The molecule has 224 valence electrons. The van der Waals surface area contributed by atoms with Crippen LogP contribution in [0.2, 0.25) is 0 Å². The first-order valence-electron chi connectivity index (χ1n) is 14.0. The number of β-amino-alcohol motifs (C(OH)–C–C–N with tert-alkyl or cyclic N) is 1. The molecule has 11 heteroatoms. The van der Waals surface area contributed by atoms with Crippen LogP contribution in [-0.4, -0.2) is 62.4 Å². The predicted molar refractivity (Wildman–Crippen MR) is 167 cm³/mol. The molecule has 1 aliphatic rings. The van der Waals surface area contributed by atoms with E-state index in [0.29, 0.717) is 6.42 Å². The molecule has 0 bridgehead atoms. The van der Waals surface area contributed by atoms with Crippen molar-refractivity contribution < 1.29 is 19.5 Å². The number of aliphatic hydroxyl groups is 1. The van der Waals surface area contributed by atoms with Crippen LogP contribution in [0, 0.1) is 12.3 Å². The molecule has 3 heterocycles. The van der Waals surface area contributed by atoms with Gasteiger partial charge in [0, 0.05) is 35.7 Å². The highest BCUT2D eigenvalue weighted by atomic mass is 79.9. The van der Waals surface area contributed by atoms with Crippen LogP contribution in [-0.2, 0) is 20.8 Å². The van der Waals surface area contributed by atoms with E-state index in [9.17, 15) is 19.5 Å². The van der Waals surface area contributed by atoms with Crippen LogP contribution < -0.4 is 10.6 Å². The van der Waals surface area contributed by atoms with Gasteiger partial charge in [0.1, 0.15) is 12.1 Å². The molecule has 1 saturated heterocycles. The summed E-state index contributed by atoms with van der Waals surface area (Å²) in [6.07, 6.45) is 1.58. The molecule has 4 rings (SSSR count). The number of hydrogen-bond acceptors (Lipinski definition) is 7. The minimum atomic E-state index is -0.872. The molecule has 1 aromatic carbocycles. The Morgan fingerprint density at radius 1 is 1.12 bits per heavy atom. The van der Waals surface area contributed by atoms with Gasteiger partial charge in [0.15, 0.2) is 0 Å². The fourth-order valence-electron chi connectivity index (χ4n) is 5.04. The van der Waals surface area contributed by atoms with E-state index in [1.54, 1.807) is 17.5 Å². The Bertz CT molecular complexity index is 1400. The molecule has 3 N–H and O–H groups in total. The van der Waals surface area contributed by atoms with Crippen LogP contribution in [0.3, 0.4) is 0 Å². The van der Waals surface area contributed by atoms with E-state index in [1.165, 1.54) is 4.90 Å². The first-order chi connectivity index (χ1) is 19.8. The lowest BCUT2D eigenvalue weighted by Crippen LogP contribution is -2.57. The monoisotopic (exact) mass is 655 g/mol. The number of halogens is 1. The Labute approximate surface area is 259 Å². The number of carbonyl (C=O) groups is 3. The smallest absolute Gasteiger partial charge is 0.246 e. The van der Waals surface area contributed by atoms with E-state index in [4.69, 9.17) is 0 Å². The van der Waals surface area contributed by atoms with Crippen molar-refractivity contribution in [2.24, 2.45) is 5.41 Å². The fraction of sp³-hybridized carbons (Fsp3) is 0.452. The highest BCUT2D eigenvalue weighted by Crippen LogP contribution is 2.29. The summed E-state index contributed by atoms with van der Waals surface area (Å²) in [6, 6.07) is 9.65. The largest absolute Gasteiger partial charge is 0.391 e. The van der Waals surface area contributed by atoms with Crippen LogP contribution in [0.5, 0.6) is 0 Å². The second-order valence-electron chi connectivity index (χ2n) is 11.8. The van der Waals surface area contributed by atoms with Crippen molar-refractivity contribution in [1.82, 2.24) is 25.5 Å². The van der Waals surface area contributed by atoms with Crippen molar-refractivity contribution in [3.8, 4) is 10.4 Å². The Balaban J connectivity index is 1.41. The normalized spacial score (nSPS) is 18.4. The molecule has 0 aliphatic carbocycles. The number of amides is 3. The van der Waals surface area contributed by atoms with Gasteiger partial charge in [-0.1, -0.05) is 45.0 Å². The molecular formula is C31H38BrN5O4S. The van der Waals surface area contributed by atoms with Crippen LogP contribution in [0.25, 0.3) is 10.4 Å². The number of aliphatic hydroxyl groups excluding tert-OH is 1. The van der Waals surface area contributed by atoms with E-state index in [1.807, 2.05) is 76.5 Å². The molecule has 9 nitrogen and oxygen atoms in total.